The Morgan fingerprint density at radius 1 is 0.769 bits per heavy atom. The zero-order valence-corrected chi connectivity index (χ0v) is 22.2. The number of amides is 3. The molecule has 1 heterocycles. The summed E-state index contributed by atoms with van der Waals surface area (Å²) in [4.78, 5) is 50.8. The first-order chi connectivity index (χ1) is 18.9. The van der Waals surface area contributed by atoms with Crippen molar-refractivity contribution in [2.75, 3.05) is 16.8 Å². The summed E-state index contributed by atoms with van der Waals surface area (Å²) >= 11 is 0. The van der Waals surface area contributed by atoms with Crippen LogP contribution in [0.25, 0.3) is 0 Å². The van der Waals surface area contributed by atoms with E-state index in [1.54, 1.807) is 60.7 Å². The van der Waals surface area contributed by atoms with Crippen molar-refractivity contribution in [2.24, 2.45) is 0 Å². The summed E-state index contributed by atoms with van der Waals surface area (Å²) in [5.74, 6) is -0.610. The smallest absolute Gasteiger partial charge is 0.338 e. The molecule has 3 amide bonds. The lowest BCUT2D eigenvalue weighted by atomic mass is 10.1. The fourth-order valence-electron chi connectivity index (χ4n) is 4.34. The number of esters is 1. The van der Waals surface area contributed by atoms with Gasteiger partial charge in [-0.05, 0) is 73.2 Å². The number of hydrogen-bond donors (Lipinski definition) is 1. The number of rotatable bonds is 12. The van der Waals surface area contributed by atoms with Crippen LogP contribution in [0.4, 0.5) is 11.4 Å². The zero-order chi connectivity index (χ0) is 27.8. The predicted octanol–water partition coefficient (Wildman–Crippen LogP) is 6.76. The molecule has 3 aromatic rings. The fourth-order valence-corrected chi connectivity index (χ4v) is 4.34. The van der Waals surface area contributed by atoms with Gasteiger partial charge < -0.3 is 14.8 Å². The zero-order valence-electron chi connectivity index (χ0n) is 22.2. The summed E-state index contributed by atoms with van der Waals surface area (Å²) in [5, 5.41) is 2.68. The average Bonchev–Trinajstić information content (AvgIpc) is 3.18. The van der Waals surface area contributed by atoms with E-state index in [9.17, 15) is 19.2 Å². The monoisotopic (exact) mass is 528 g/mol. The van der Waals surface area contributed by atoms with Gasteiger partial charge in [-0.25, -0.2) is 9.69 Å². The highest BCUT2D eigenvalue weighted by molar-refractivity contribution is 6.34. The molecule has 39 heavy (non-hydrogen) atoms. The highest BCUT2D eigenvalue weighted by atomic mass is 16.5. The molecular formula is C31H32N2O6. The summed E-state index contributed by atoms with van der Waals surface area (Å²) in [5.41, 5.74) is 1.87. The van der Waals surface area contributed by atoms with Gasteiger partial charge in [-0.3, -0.25) is 14.4 Å². The van der Waals surface area contributed by atoms with Gasteiger partial charge in [0, 0.05) is 12.6 Å². The molecule has 0 bridgehead atoms. The molecule has 1 N–H and O–H groups in total. The number of carbonyl (C=O) groups is 4. The van der Waals surface area contributed by atoms with Gasteiger partial charge in [0.05, 0.1) is 29.0 Å². The van der Waals surface area contributed by atoms with Crippen molar-refractivity contribution < 1.29 is 28.7 Å². The topological polar surface area (TPSA) is 102 Å². The van der Waals surface area contributed by atoms with Crippen LogP contribution in [-0.2, 0) is 9.53 Å². The molecule has 0 fully saturated rings. The molecule has 8 nitrogen and oxygen atoms in total. The molecule has 0 aliphatic carbocycles. The van der Waals surface area contributed by atoms with Crippen molar-refractivity contribution in [3.8, 4) is 11.5 Å². The van der Waals surface area contributed by atoms with Crippen molar-refractivity contribution in [1.29, 1.82) is 0 Å². The van der Waals surface area contributed by atoms with Crippen LogP contribution in [-0.4, -0.2) is 30.3 Å². The van der Waals surface area contributed by atoms with Crippen molar-refractivity contribution in [3.05, 3.63) is 83.4 Å². The third kappa shape index (κ3) is 6.90. The first kappa shape index (κ1) is 27.6. The van der Waals surface area contributed by atoms with E-state index in [0.717, 1.165) is 24.2 Å². The standard InChI is InChI=1S/C31H32N2O6/c1-3-4-5-6-7-8-19-38-31(37)22-9-13-24(14-10-22)33-29(35)27-18-17-26(20-28(27)30(33)36)39-25-15-11-23(12-16-25)32-21(2)34/h9-18,20H,3-8,19H2,1-2H3,(H,32,34). The van der Waals surface area contributed by atoms with Crippen LogP contribution >= 0.6 is 0 Å². The van der Waals surface area contributed by atoms with E-state index >= 15 is 0 Å². The van der Waals surface area contributed by atoms with Crippen molar-refractivity contribution >= 4 is 35.1 Å². The van der Waals surface area contributed by atoms with E-state index in [1.165, 1.54) is 32.3 Å². The van der Waals surface area contributed by atoms with Gasteiger partial charge in [0.2, 0.25) is 5.91 Å². The molecule has 0 unspecified atom stereocenters. The summed E-state index contributed by atoms with van der Waals surface area (Å²) in [6, 6.07) is 17.8. The molecule has 0 saturated carbocycles. The van der Waals surface area contributed by atoms with Crippen molar-refractivity contribution in [3.63, 3.8) is 0 Å². The molecule has 0 radical (unpaired) electrons. The van der Waals surface area contributed by atoms with Crippen LogP contribution in [0.1, 0.15) is 83.4 Å². The van der Waals surface area contributed by atoms with Gasteiger partial charge in [-0.15, -0.1) is 0 Å². The van der Waals surface area contributed by atoms with Crippen LogP contribution in [0.2, 0.25) is 0 Å². The second-order valence-electron chi connectivity index (χ2n) is 9.41. The van der Waals surface area contributed by atoms with Crippen LogP contribution in [0, 0.1) is 0 Å². The summed E-state index contributed by atoms with van der Waals surface area (Å²) < 4.78 is 11.2. The molecule has 8 heteroatoms. The van der Waals surface area contributed by atoms with Gasteiger partial charge in [-0.1, -0.05) is 39.0 Å². The number of carbonyl (C=O) groups excluding carboxylic acids is 4. The molecule has 1 aliphatic rings. The number of unbranched alkanes of at least 4 members (excludes halogenated alkanes) is 5. The van der Waals surface area contributed by atoms with E-state index in [0.29, 0.717) is 35.0 Å². The van der Waals surface area contributed by atoms with E-state index in [-0.39, 0.29) is 17.0 Å². The average molecular weight is 529 g/mol. The van der Waals surface area contributed by atoms with E-state index in [2.05, 4.69) is 12.2 Å². The summed E-state index contributed by atoms with van der Waals surface area (Å²) in [6.45, 7) is 3.97. The molecule has 3 aromatic carbocycles. The Hall–Kier alpha value is -4.46. The molecular weight excluding hydrogens is 496 g/mol. The third-order valence-electron chi connectivity index (χ3n) is 6.36. The van der Waals surface area contributed by atoms with E-state index in [4.69, 9.17) is 9.47 Å². The summed E-state index contributed by atoms with van der Waals surface area (Å²) in [6.07, 6.45) is 6.62. The number of hydrogen-bond acceptors (Lipinski definition) is 6. The lowest BCUT2D eigenvalue weighted by molar-refractivity contribution is -0.114. The SMILES string of the molecule is CCCCCCCCOC(=O)c1ccc(N2C(=O)c3ccc(Oc4ccc(NC(C)=O)cc4)cc3C2=O)cc1. The van der Waals surface area contributed by atoms with Crippen LogP contribution in [0.15, 0.2) is 66.7 Å². The second kappa shape index (κ2) is 12.9. The van der Waals surface area contributed by atoms with Gasteiger partial charge >= 0.3 is 5.97 Å². The van der Waals surface area contributed by atoms with Crippen LogP contribution in [0.3, 0.4) is 0 Å². The Morgan fingerprint density at radius 3 is 2.10 bits per heavy atom. The van der Waals surface area contributed by atoms with Crippen molar-refractivity contribution in [2.45, 2.75) is 52.4 Å². The maximum Gasteiger partial charge on any atom is 0.338 e. The molecule has 1 aliphatic heterocycles. The van der Waals surface area contributed by atoms with Gasteiger partial charge in [0.15, 0.2) is 0 Å². The maximum absolute atomic E-state index is 13.2. The Kier molecular flexibility index (Phi) is 9.10. The predicted molar refractivity (Wildman–Crippen MR) is 149 cm³/mol. The molecule has 4 rings (SSSR count). The highest BCUT2D eigenvalue weighted by Crippen LogP contribution is 2.33. The fraction of sp³-hybridized carbons (Fsp3) is 0.290. The minimum atomic E-state index is -0.472. The van der Waals surface area contributed by atoms with Crippen molar-refractivity contribution in [1.82, 2.24) is 0 Å². The second-order valence-corrected chi connectivity index (χ2v) is 9.41. The van der Waals surface area contributed by atoms with E-state index in [1.807, 2.05) is 0 Å². The third-order valence-corrected chi connectivity index (χ3v) is 6.36. The summed E-state index contributed by atoms with van der Waals surface area (Å²) in [7, 11) is 0. The van der Waals surface area contributed by atoms with Gasteiger partial charge in [0.25, 0.3) is 11.8 Å². The van der Waals surface area contributed by atoms with Gasteiger partial charge in [0.1, 0.15) is 11.5 Å². The minimum Gasteiger partial charge on any atom is -0.462 e. The lowest BCUT2D eigenvalue weighted by Crippen LogP contribution is -2.29. The number of nitrogens with one attached hydrogen (secondary N) is 1. The normalized spacial score (nSPS) is 12.3. The molecule has 0 spiro atoms. The number of ether oxygens (including phenoxy) is 2. The maximum atomic E-state index is 13.2. The number of benzene rings is 3. The quantitative estimate of drug-likeness (QED) is 0.158. The Morgan fingerprint density at radius 2 is 1.41 bits per heavy atom. The number of fused-ring (bicyclic) bond motifs is 1. The number of imide groups is 1. The lowest BCUT2D eigenvalue weighted by Gasteiger charge is -2.14. The highest BCUT2D eigenvalue weighted by Gasteiger charge is 2.37. The largest absolute Gasteiger partial charge is 0.462 e. The first-order valence-electron chi connectivity index (χ1n) is 13.2. The van der Waals surface area contributed by atoms with E-state index < -0.39 is 17.8 Å². The molecule has 202 valence electrons. The molecule has 0 saturated heterocycles. The Bertz CT molecular complexity index is 1350. The Balaban J connectivity index is 1.37. The van der Waals surface area contributed by atoms with Gasteiger partial charge in [-0.2, -0.15) is 0 Å². The van der Waals surface area contributed by atoms with Crippen LogP contribution in [0.5, 0.6) is 11.5 Å². The molecule has 0 atom stereocenters. The van der Waals surface area contributed by atoms with Crippen LogP contribution < -0.4 is 15.0 Å². The molecule has 0 aromatic heterocycles. The Labute approximate surface area is 227 Å². The minimum absolute atomic E-state index is 0.173. The number of anilines is 2. The first-order valence-corrected chi connectivity index (χ1v) is 13.2. The number of nitrogens with zero attached hydrogens (tertiary/aromatic N) is 1.